The Morgan fingerprint density at radius 1 is 1.41 bits per heavy atom. The van der Waals surface area contributed by atoms with E-state index in [0.29, 0.717) is 18.1 Å². The van der Waals surface area contributed by atoms with Crippen LogP contribution in [-0.4, -0.2) is 27.5 Å². The van der Waals surface area contributed by atoms with Crippen LogP contribution in [0.2, 0.25) is 0 Å². The second kappa shape index (κ2) is 5.91. The first kappa shape index (κ1) is 14.8. The van der Waals surface area contributed by atoms with Crippen molar-refractivity contribution in [1.82, 2.24) is 15.0 Å². The van der Waals surface area contributed by atoms with Crippen molar-refractivity contribution in [2.24, 2.45) is 0 Å². The number of aryl methyl sites for hydroxylation is 2. The highest BCUT2D eigenvalue weighted by molar-refractivity contribution is 5.74. The second-order valence-electron chi connectivity index (χ2n) is 6.03. The van der Waals surface area contributed by atoms with Crippen molar-refractivity contribution in [3.05, 3.63) is 46.6 Å². The largest absolute Gasteiger partial charge is 0.337 e. The number of hydrogen-bond donors (Lipinski definition) is 0. The lowest BCUT2D eigenvalue weighted by Gasteiger charge is -2.19. The summed E-state index contributed by atoms with van der Waals surface area (Å²) in [5, 5.41) is 4.09. The summed E-state index contributed by atoms with van der Waals surface area (Å²) < 4.78 is 5.41. The summed E-state index contributed by atoms with van der Waals surface area (Å²) in [7, 11) is 0. The third kappa shape index (κ3) is 2.89. The number of aromatic nitrogens is 2. The molecule has 2 aromatic rings. The van der Waals surface area contributed by atoms with E-state index in [1.54, 1.807) is 6.92 Å². The molecule has 2 heterocycles. The average molecular weight is 299 g/mol. The summed E-state index contributed by atoms with van der Waals surface area (Å²) >= 11 is 0. The molecule has 0 unspecified atom stereocenters. The van der Waals surface area contributed by atoms with Crippen molar-refractivity contribution in [2.45, 2.75) is 46.1 Å². The summed E-state index contributed by atoms with van der Waals surface area (Å²) in [6, 6.07) is 6.30. The van der Waals surface area contributed by atoms with Gasteiger partial charge in [0.05, 0.1) is 0 Å². The fourth-order valence-electron chi connectivity index (χ4n) is 3.09. The molecule has 0 radical (unpaired) electrons. The van der Waals surface area contributed by atoms with Gasteiger partial charge in [0.2, 0.25) is 11.8 Å². The van der Waals surface area contributed by atoms with Gasteiger partial charge in [0.15, 0.2) is 5.82 Å². The zero-order valence-corrected chi connectivity index (χ0v) is 13.3. The molecule has 1 amide bonds. The number of likely N-dealkylation sites (tertiary alicyclic amines) is 1. The van der Waals surface area contributed by atoms with Crippen LogP contribution in [0.4, 0.5) is 0 Å². The Balaban J connectivity index is 1.78. The van der Waals surface area contributed by atoms with Crippen LogP contribution in [0.15, 0.2) is 22.7 Å². The van der Waals surface area contributed by atoms with Crippen LogP contribution in [0.5, 0.6) is 0 Å². The Labute approximate surface area is 130 Å². The molecule has 5 nitrogen and oxygen atoms in total. The molecule has 3 rings (SSSR count). The number of hydrogen-bond acceptors (Lipinski definition) is 4. The first-order chi connectivity index (χ1) is 10.5. The van der Waals surface area contributed by atoms with E-state index >= 15 is 0 Å². The van der Waals surface area contributed by atoms with Crippen LogP contribution in [0.25, 0.3) is 0 Å². The average Bonchev–Trinajstić information content (AvgIpc) is 3.10. The van der Waals surface area contributed by atoms with Crippen molar-refractivity contribution in [3.63, 3.8) is 0 Å². The number of benzene rings is 1. The van der Waals surface area contributed by atoms with Gasteiger partial charge < -0.3 is 9.42 Å². The lowest BCUT2D eigenvalue weighted by Crippen LogP contribution is -2.28. The first-order valence-corrected chi connectivity index (χ1v) is 7.70. The van der Waals surface area contributed by atoms with Crippen molar-refractivity contribution >= 4 is 5.91 Å². The maximum atomic E-state index is 11.6. The van der Waals surface area contributed by atoms with Gasteiger partial charge in [-0.1, -0.05) is 28.9 Å². The molecule has 1 aromatic carbocycles. The smallest absolute Gasteiger partial charge is 0.249 e. The highest BCUT2D eigenvalue weighted by Gasteiger charge is 2.32. The summed E-state index contributed by atoms with van der Waals surface area (Å²) in [4.78, 5) is 18.0. The lowest BCUT2D eigenvalue weighted by atomic mass is 10.0. The molecule has 0 N–H and O–H groups in total. The molecule has 5 heteroatoms. The Hall–Kier alpha value is -2.17. The van der Waals surface area contributed by atoms with E-state index in [4.69, 9.17) is 4.52 Å². The zero-order chi connectivity index (χ0) is 15.7. The van der Waals surface area contributed by atoms with Gasteiger partial charge in [-0.15, -0.1) is 0 Å². The van der Waals surface area contributed by atoms with E-state index in [2.05, 4.69) is 42.2 Å². The van der Waals surface area contributed by atoms with E-state index in [0.717, 1.165) is 19.4 Å². The number of amides is 1. The zero-order valence-electron chi connectivity index (χ0n) is 13.3. The molecular formula is C17H21N3O2. The summed E-state index contributed by atoms with van der Waals surface area (Å²) in [5.41, 5.74) is 3.68. The Bertz CT molecular complexity index is 693. The second-order valence-corrected chi connectivity index (χ2v) is 6.03. The Kier molecular flexibility index (Phi) is 3.96. The summed E-state index contributed by atoms with van der Waals surface area (Å²) in [5.74, 6) is 1.31. The molecule has 0 saturated carbocycles. The molecule has 1 aromatic heterocycles. The van der Waals surface area contributed by atoms with Crippen LogP contribution in [0, 0.1) is 13.8 Å². The van der Waals surface area contributed by atoms with E-state index in [1.165, 1.54) is 16.7 Å². The number of nitrogens with zero attached hydrogens (tertiary/aromatic N) is 3. The minimum Gasteiger partial charge on any atom is -0.337 e. The predicted molar refractivity (Wildman–Crippen MR) is 82.4 cm³/mol. The van der Waals surface area contributed by atoms with Gasteiger partial charge in [-0.3, -0.25) is 4.79 Å². The van der Waals surface area contributed by atoms with Crippen molar-refractivity contribution in [3.8, 4) is 0 Å². The van der Waals surface area contributed by atoms with Gasteiger partial charge >= 0.3 is 0 Å². The molecule has 22 heavy (non-hydrogen) atoms. The van der Waals surface area contributed by atoms with E-state index in [-0.39, 0.29) is 11.9 Å². The van der Waals surface area contributed by atoms with E-state index in [1.807, 2.05) is 4.90 Å². The molecule has 1 fully saturated rings. The molecule has 1 aliphatic heterocycles. The SMILES string of the molecule is CC(=O)N1CCC[C@H]1c1nc(Cc2ccc(C)cc2C)no1. The van der Waals surface area contributed by atoms with E-state index in [9.17, 15) is 4.79 Å². The number of rotatable bonds is 3. The normalized spacial score (nSPS) is 18.0. The fraction of sp³-hybridized carbons (Fsp3) is 0.471. The highest BCUT2D eigenvalue weighted by Crippen LogP contribution is 2.31. The third-order valence-corrected chi connectivity index (χ3v) is 4.27. The number of carbonyl (C=O) groups is 1. The fourth-order valence-corrected chi connectivity index (χ4v) is 3.09. The third-order valence-electron chi connectivity index (χ3n) is 4.27. The molecule has 0 bridgehead atoms. The first-order valence-electron chi connectivity index (χ1n) is 7.70. The highest BCUT2D eigenvalue weighted by atomic mass is 16.5. The minimum atomic E-state index is -0.0575. The molecule has 0 aliphatic carbocycles. The van der Waals surface area contributed by atoms with Crippen LogP contribution >= 0.6 is 0 Å². The topological polar surface area (TPSA) is 59.2 Å². The molecule has 116 valence electrons. The Morgan fingerprint density at radius 3 is 2.95 bits per heavy atom. The predicted octanol–water partition coefficient (Wildman–Crippen LogP) is 2.96. The van der Waals surface area contributed by atoms with Crippen molar-refractivity contribution < 1.29 is 9.32 Å². The van der Waals surface area contributed by atoms with Crippen molar-refractivity contribution in [2.75, 3.05) is 6.54 Å². The standard InChI is InChI=1S/C17H21N3O2/c1-11-6-7-14(12(2)9-11)10-16-18-17(22-19-16)15-5-4-8-20(15)13(3)21/h6-7,9,15H,4-5,8,10H2,1-3H3/t15-/m0/s1. The van der Waals surface area contributed by atoms with Crippen LogP contribution in [0.1, 0.15) is 54.2 Å². The summed E-state index contributed by atoms with van der Waals surface area (Å²) in [6.07, 6.45) is 2.53. The van der Waals surface area contributed by atoms with Crippen LogP contribution in [0.3, 0.4) is 0 Å². The Morgan fingerprint density at radius 2 is 2.23 bits per heavy atom. The number of carbonyl (C=O) groups excluding carboxylic acids is 1. The van der Waals surface area contributed by atoms with Gasteiger partial charge in [-0.05, 0) is 37.8 Å². The van der Waals surface area contributed by atoms with Gasteiger partial charge in [0.25, 0.3) is 0 Å². The molecular weight excluding hydrogens is 278 g/mol. The van der Waals surface area contributed by atoms with Crippen LogP contribution in [-0.2, 0) is 11.2 Å². The maximum absolute atomic E-state index is 11.6. The lowest BCUT2D eigenvalue weighted by molar-refractivity contribution is -0.130. The molecule has 1 atom stereocenters. The van der Waals surface area contributed by atoms with Gasteiger partial charge in [0, 0.05) is 19.9 Å². The minimum absolute atomic E-state index is 0.0575. The van der Waals surface area contributed by atoms with Crippen LogP contribution < -0.4 is 0 Å². The van der Waals surface area contributed by atoms with E-state index < -0.39 is 0 Å². The van der Waals surface area contributed by atoms with Gasteiger partial charge in [-0.25, -0.2) is 0 Å². The maximum Gasteiger partial charge on any atom is 0.249 e. The van der Waals surface area contributed by atoms with Crippen molar-refractivity contribution in [1.29, 1.82) is 0 Å². The molecule has 1 saturated heterocycles. The molecule has 0 spiro atoms. The van der Waals surface area contributed by atoms with Gasteiger partial charge in [-0.2, -0.15) is 4.98 Å². The molecule has 1 aliphatic rings. The summed E-state index contributed by atoms with van der Waals surface area (Å²) in [6.45, 7) is 6.54. The van der Waals surface area contributed by atoms with Gasteiger partial charge in [0.1, 0.15) is 6.04 Å². The monoisotopic (exact) mass is 299 g/mol. The quantitative estimate of drug-likeness (QED) is 0.874.